The lowest BCUT2D eigenvalue weighted by Gasteiger charge is -2.19. The lowest BCUT2D eigenvalue weighted by molar-refractivity contribution is -0.384. The van der Waals surface area contributed by atoms with E-state index in [1.54, 1.807) is 0 Å². The van der Waals surface area contributed by atoms with E-state index < -0.39 is 22.8 Å². The second kappa shape index (κ2) is 4.69. The molecule has 2 N–H and O–H groups in total. The fourth-order valence-corrected chi connectivity index (χ4v) is 2.76. The molecule has 1 aliphatic rings. The molecule has 1 aliphatic heterocycles. The smallest absolute Gasteiger partial charge is 0.327 e. The van der Waals surface area contributed by atoms with Crippen LogP contribution in [0.1, 0.15) is 10.5 Å². The van der Waals surface area contributed by atoms with Crippen molar-refractivity contribution in [3.8, 4) is 0 Å². The zero-order chi connectivity index (χ0) is 13.3. The highest BCUT2D eigenvalue weighted by molar-refractivity contribution is 7.99. The number of nitrogens with zero attached hydrogens (tertiary/aromatic N) is 2. The molecule has 1 fully saturated rings. The minimum absolute atomic E-state index is 0.0236. The fourth-order valence-electron chi connectivity index (χ4n) is 1.61. The van der Waals surface area contributed by atoms with Crippen LogP contribution in [0.3, 0.4) is 0 Å². The molecule has 0 radical (unpaired) electrons. The summed E-state index contributed by atoms with van der Waals surface area (Å²) in [4.78, 5) is 36.5. The van der Waals surface area contributed by atoms with Crippen LogP contribution in [0.2, 0.25) is 0 Å². The Morgan fingerprint density at radius 3 is 2.89 bits per heavy atom. The number of aliphatic carboxylic acids is 1. The maximum absolute atomic E-state index is 12.0. The second-order valence-corrected chi connectivity index (χ2v) is 4.66. The first-order valence-corrected chi connectivity index (χ1v) is 6.10. The van der Waals surface area contributed by atoms with Crippen molar-refractivity contribution < 1.29 is 19.6 Å². The Kier molecular flexibility index (Phi) is 3.24. The molecule has 1 aromatic heterocycles. The summed E-state index contributed by atoms with van der Waals surface area (Å²) in [6, 6.07) is 0.217. The first kappa shape index (κ1) is 12.4. The number of rotatable bonds is 3. The van der Waals surface area contributed by atoms with Crippen LogP contribution in [0.5, 0.6) is 0 Å². The first-order valence-electron chi connectivity index (χ1n) is 4.95. The quantitative estimate of drug-likeness (QED) is 0.611. The van der Waals surface area contributed by atoms with Crippen molar-refractivity contribution in [2.24, 2.45) is 0 Å². The van der Waals surface area contributed by atoms with Crippen LogP contribution in [-0.2, 0) is 4.79 Å². The summed E-state index contributed by atoms with van der Waals surface area (Å²) >= 11 is 1.33. The number of nitrogens with one attached hydrogen (secondary N) is 1. The number of thioether (sulfide) groups is 1. The Morgan fingerprint density at radius 2 is 2.33 bits per heavy atom. The molecule has 2 heterocycles. The van der Waals surface area contributed by atoms with Crippen molar-refractivity contribution in [3.05, 3.63) is 28.1 Å². The summed E-state index contributed by atoms with van der Waals surface area (Å²) in [6.07, 6.45) is 1.10. The Balaban J connectivity index is 2.20. The zero-order valence-corrected chi connectivity index (χ0v) is 9.85. The van der Waals surface area contributed by atoms with Gasteiger partial charge in [-0.05, 0) is 0 Å². The molecule has 0 saturated carbocycles. The minimum Gasteiger partial charge on any atom is -0.480 e. The Labute approximate surface area is 105 Å². The van der Waals surface area contributed by atoms with Crippen LogP contribution in [0.25, 0.3) is 0 Å². The maximum atomic E-state index is 12.0. The van der Waals surface area contributed by atoms with Crippen LogP contribution in [-0.4, -0.2) is 49.5 Å². The summed E-state index contributed by atoms with van der Waals surface area (Å²) in [5.41, 5.74) is -0.201. The zero-order valence-electron chi connectivity index (χ0n) is 9.03. The predicted octanol–water partition coefficient (Wildman–Crippen LogP) is 0.523. The average Bonchev–Trinajstić information content (AvgIpc) is 2.97. The summed E-state index contributed by atoms with van der Waals surface area (Å²) in [5, 5.41) is 19.4. The molecule has 2 rings (SSSR count). The number of hydrogen-bond donors (Lipinski definition) is 2. The van der Waals surface area contributed by atoms with Crippen molar-refractivity contribution in [3.63, 3.8) is 0 Å². The number of aromatic amines is 1. The number of hydrogen-bond acceptors (Lipinski definition) is 5. The number of carbonyl (C=O) groups excluding carboxylic acids is 1. The van der Waals surface area contributed by atoms with Gasteiger partial charge < -0.3 is 15.0 Å². The van der Waals surface area contributed by atoms with Gasteiger partial charge in [-0.1, -0.05) is 0 Å². The number of carboxylic acids is 1. The van der Waals surface area contributed by atoms with Crippen LogP contribution in [0.15, 0.2) is 12.3 Å². The van der Waals surface area contributed by atoms with Gasteiger partial charge in [0.25, 0.3) is 11.6 Å². The molecule has 0 aliphatic carbocycles. The molecule has 0 aromatic carbocycles. The lowest BCUT2D eigenvalue weighted by atomic mass is 10.2. The van der Waals surface area contributed by atoms with E-state index in [1.807, 2.05) is 0 Å². The van der Waals surface area contributed by atoms with Crippen molar-refractivity contribution >= 4 is 29.3 Å². The largest absolute Gasteiger partial charge is 0.480 e. The van der Waals surface area contributed by atoms with Gasteiger partial charge in [0.1, 0.15) is 11.7 Å². The molecule has 0 spiro atoms. The topological polar surface area (TPSA) is 117 Å². The molecule has 1 unspecified atom stereocenters. The summed E-state index contributed by atoms with van der Waals surface area (Å²) in [5.74, 6) is -1.03. The van der Waals surface area contributed by atoms with E-state index in [0.29, 0.717) is 5.75 Å². The Bertz CT molecular complexity index is 514. The van der Waals surface area contributed by atoms with Crippen LogP contribution >= 0.6 is 11.8 Å². The van der Waals surface area contributed by atoms with Crippen LogP contribution in [0.4, 0.5) is 5.69 Å². The van der Waals surface area contributed by atoms with E-state index in [4.69, 9.17) is 5.11 Å². The molecular weight excluding hydrogens is 262 g/mol. The van der Waals surface area contributed by atoms with Gasteiger partial charge in [0, 0.05) is 11.8 Å². The fraction of sp³-hybridized carbons (Fsp3) is 0.333. The number of nitro groups is 1. The molecule has 96 valence electrons. The van der Waals surface area contributed by atoms with Gasteiger partial charge >= 0.3 is 5.97 Å². The molecule has 9 heteroatoms. The first-order chi connectivity index (χ1) is 8.50. The summed E-state index contributed by atoms with van der Waals surface area (Å²) in [6.45, 7) is 0. The third-order valence-corrected chi connectivity index (χ3v) is 3.55. The lowest BCUT2D eigenvalue weighted by Crippen LogP contribution is -2.41. The molecule has 18 heavy (non-hydrogen) atoms. The third-order valence-electron chi connectivity index (χ3n) is 2.54. The number of amides is 1. The average molecular weight is 271 g/mol. The molecule has 0 bridgehead atoms. The predicted molar refractivity (Wildman–Crippen MR) is 62.4 cm³/mol. The standard InChI is InChI=1S/C9H9N3O5S/c13-8(6-1-5(2-10-6)12(16)17)11-4-18-3-7(11)9(14)15/h1-2,7,10H,3-4H2,(H,14,15). The monoisotopic (exact) mass is 271 g/mol. The molecular formula is C9H9N3O5S. The van der Waals surface area contributed by atoms with E-state index in [2.05, 4.69) is 4.98 Å². The van der Waals surface area contributed by atoms with Gasteiger partial charge in [0.15, 0.2) is 0 Å². The van der Waals surface area contributed by atoms with Crippen molar-refractivity contribution in [1.29, 1.82) is 0 Å². The number of aromatic nitrogens is 1. The molecule has 1 aromatic rings. The van der Waals surface area contributed by atoms with Gasteiger partial charge in [-0.2, -0.15) is 0 Å². The van der Waals surface area contributed by atoms with E-state index >= 15 is 0 Å². The van der Waals surface area contributed by atoms with Gasteiger partial charge in [-0.15, -0.1) is 11.8 Å². The van der Waals surface area contributed by atoms with Gasteiger partial charge in [-0.25, -0.2) is 4.79 Å². The van der Waals surface area contributed by atoms with E-state index in [1.165, 1.54) is 16.7 Å². The number of H-pyrrole nitrogens is 1. The van der Waals surface area contributed by atoms with Gasteiger partial charge in [-0.3, -0.25) is 14.9 Å². The highest BCUT2D eigenvalue weighted by atomic mass is 32.2. The Hall–Kier alpha value is -2.03. The molecule has 1 amide bonds. The normalized spacial score (nSPS) is 18.9. The van der Waals surface area contributed by atoms with Crippen LogP contribution in [0, 0.1) is 10.1 Å². The van der Waals surface area contributed by atoms with Gasteiger partial charge in [0.2, 0.25) is 0 Å². The minimum atomic E-state index is -1.07. The molecule has 1 atom stereocenters. The second-order valence-electron chi connectivity index (χ2n) is 3.66. The van der Waals surface area contributed by atoms with Crippen molar-refractivity contribution in [2.45, 2.75) is 6.04 Å². The SMILES string of the molecule is O=C(O)C1CSCN1C(=O)c1cc([N+](=O)[O-])c[nH]1. The number of carbonyl (C=O) groups is 2. The van der Waals surface area contributed by atoms with E-state index in [-0.39, 0.29) is 17.3 Å². The van der Waals surface area contributed by atoms with Gasteiger partial charge in [0.05, 0.1) is 17.0 Å². The van der Waals surface area contributed by atoms with Crippen molar-refractivity contribution in [2.75, 3.05) is 11.6 Å². The summed E-state index contributed by atoms with van der Waals surface area (Å²) < 4.78 is 0. The highest BCUT2D eigenvalue weighted by Gasteiger charge is 2.35. The van der Waals surface area contributed by atoms with Crippen LogP contribution < -0.4 is 0 Å². The summed E-state index contributed by atoms with van der Waals surface area (Å²) in [7, 11) is 0. The maximum Gasteiger partial charge on any atom is 0.327 e. The number of carboxylic acid groups (broad SMARTS) is 1. The van der Waals surface area contributed by atoms with Crippen molar-refractivity contribution in [1.82, 2.24) is 9.88 Å². The molecule has 8 nitrogen and oxygen atoms in total. The molecule has 1 saturated heterocycles. The highest BCUT2D eigenvalue weighted by Crippen LogP contribution is 2.24. The third kappa shape index (κ3) is 2.16. The van der Waals surface area contributed by atoms with E-state index in [0.717, 1.165) is 12.3 Å². The Morgan fingerprint density at radius 1 is 1.61 bits per heavy atom. The van der Waals surface area contributed by atoms with E-state index in [9.17, 15) is 19.7 Å².